The molecular weight excluding hydrogens is 815 g/mol. The van der Waals surface area contributed by atoms with Crippen LogP contribution in [0.5, 0.6) is 0 Å². The number of aromatic nitrogens is 2. The van der Waals surface area contributed by atoms with Crippen molar-refractivity contribution in [2.24, 2.45) is 0 Å². The van der Waals surface area contributed by atoms with E-state index in [0.717, 1.165) is 37.9 Å². The van der Waals surface area contributed by atoms with Gasteiger partial charge in [0, 0.05) is 59.7 Å². The standard InChI is InChI=1S/C34H21N2O.C13H12N.Ir/c1-20-16-22(18-35)10-14-25(20)30-17-31(36-19-21(30)2)29-9-5-8-27-28-15-13-24-12-11-23-6-3-4-7-26(23)32(24)34(28)37-33(27)29;1-10-3-6-12(7-4-10)13-8-5-11(2)9-14-13;/h3-8,10-17,19H,1-2H3;3-6,8-9H,1-2H3;/q2*-1;/i2*1D3,2D3;. The van der Waals surface area contributed by atoms with E-state index in [1.54, 1.807) is 24.3 Å². The molecule has 0 spiro atoms. The van der Waals surface area contributed by atoms with Gasteiger partial charge in [0.05, 0.1) is 17.2 Å². The zero-order valence-corrected chi connectivity index (χ0v) is 29.6. The topological polar surface area (TPSA) is 62.7 Å². The average Bonchev–Trinajstić information content (AvgIpc) is 3.64. The van der Waals surface area contributed by atoms with Crippen molar-refractivity contribution in [3.63, 3.8) is 0 Å². The fraction of sp³-hybridized carbons (Fsp3) is 0.0851. The predicted octanol–water partition coefficient (Wildman–Crippen LogP) is 12.1. The minimum atomic E-state index is -2.59. The summed E-state index contributed by atoms with van der Waals surface area (Å²) < 4.78 is 99.1. The van der Waals surface area contributed by atoms with E-state index >= 15 is 0 Å². The Labute approximate surface area is 333 Å². The van der Waals surface area contributed by atoms with Crippen LogP contribution in [0.1, 0.15) is 44.3 Å². The number of pyridine rings is 2. The maximum absolute atomic E-state index is 9.40. The van der Waals surface area contributed by atoms with Gasteiger partial charge in [-0.1, -0.05) is 90.6 Å². The normalized spacial score (nSPS) is 15.3. The van der Waals surface area contributed by atoms with Gasteiger partial charge < -0.3 is 14.4 Å². The smallest absolute Gasteiger partial charge is 0.129 e. The van der Waals surface area contributed by atoms with E-state index in [1.165, 1.54) is 48.8 Å². The van der Waals surface area contributed by atoms with Gasteiger partial charge in [-0.3, -0.25) is 0 Å². The van der Waals surface area contributed by atoms with E-state index in [0.29, 0.717) is 28.1 Å². The van der Waals surface area contributed by atoms with Crippen LogP contribution < -0.4 is 0 Å². The summed E-state index contributed by atoms with van der Waals surface area (Å²) in [6.45, 7) is -9.50. The fourth-order valence-electron chi connectivity index (χ4n) is 6.28. The van der Waals surface area contributed by atoms with Crippen LogP contribution in [0.3, 0.4) is 0 Å². The van der Waals surface area contributed by atoms with Crippen molar-refractivity contribution < 1.29 is 41.0 Å². The molecule has 0 aliphatic carbocycles. The molecule has 6 aromatic carbocycles. The summed E-state index contributed by atoms with van der Waals surface area (Å²) in [7, 11) is 0. The van der Waals surface area contributed by atoms with Crippen molar-refractivity contribution in [2.45, 2.75) is 27.4 Å². The van der Waals surface area contributed by atoms with Crippen LogP contribution in [-0.4, -0.2) is 9.97 Å². The molecule has 253 valence electrons. The maximum Gasteiger partial charge on any atom is 0.129 e. The molecule has 0 bridgehead atoms. The Balaban J connectivity index is 0.000000246. The second-order valence-corrected chi connectivity index (χ2v) is 11.9. The summed E-state index contributed by atoms with van der Waals surface area (Å²) in [5.74, 6) is 0. The molecular formula is C47H33IrN3O-2. The Morgan fingerprint density at radius 3 is 2.25 bits per heavy atom. The van der Waals surface area contributed by atoms with Gasteiger partial charge in [-0.25, -0.2) is 0 Å². The molecule has 0 unspecified atom stereocenters. The molecule has 0 atom stereocenters. The SMILES string of the molecule is [2H]C([2H])([2H])c1c[c-]c(-c2ccc(C([2H])([2H])[2H])cn2)cc1.[2H]C([2H])([2H])c1cnc(-c2[c-]ccc3c2oc2c3ccc3ccc4ccccc4c32)cc1-c1ccc(C#N)cc1C([2H])([2H])[2H].[Ir]. The predicted molar refractivity (Wildman–Crippen MR) is 208 cm³/mol. The van der Waals surface area contributed by atoms with E-state index in [-0.39, 0.29) is 59.0 Å². The van der Waals surface area contributed by atoms with Crippen molar-refractivity contribution in [2.75, 3.05) is 0 Å². The monoisotopic (exact) mass is 860 g/mol. The van der Waals surface area contributed by atoms with Crippen LogP contribution in [-0.2, 0) is 20.1 Å². The van der Waals surface area contributed by atoms with Crippen LogP contribution in [0.2, 0.25) is 0 Å². The number of rotatable bonds is 3. The Hall–Kier alpha value is -5.92. The van der Waals surface area contributed by atoms with Gasteiger partial charge in [-0.05, 0) is 88.1 Å². The molecule has 9 rings (SSSR count). The average molecular weight is 860 g/mol. The molecule has 0 aliphatic heterocycles. The van der Waals surface area contributed by atoms with Crippen molar-refractivity contribution in [3.05, 3.63) is 168 Å². The van der Waals surface area contributed by atoms with Gasteiger partial charge >= 0.3 is 0 Å². The molecule has 3 heterocycles. The molecule has 0 amide bonds. The molecule has 5 heteroatoms. The molecule has 0 fully saturated rings. The summed E-state index contributed by atoms with van der Waals surface area (Å²) in [5, 5.41) is 15.4. The van der Waals surface area contributed by atoms with E-state index in [2.05, 4.69) is 52.4 Å². The third-order valence-corrected chi connectivity index (χ3v) is 8.76. The molecule has 0 saturated heterocycles. The number of fused-ring (bicyclic) bond motifs is 7. The first-order chi connectivity index (χ1) is 29.7. The molecule has 1 radical (unpaired) electrons. The molecule has 4 nitrogen and oxygen atoms in total. The van der Waals surface area contributed by atoms with E-state index in [9.17, 15) is 5.26 Å². The van der Waals surface area contributed by atoms with Crippen molar-refractivity contribution in [3.8, 4) is 39.7 Å². The second-order valence-electron chi connectivity index (χ2n) is 11.9. The first kappa shape index (κ1) is 22.8. The zero-order valence-electron chi connectivity index (χ0n) is 39.2. The van der Waals surface area contributed by atoms with Crippen molar-refractivity contribution >= 4 is 43.5 Å². The third-order valence-electron chi connectivity index (χ3n) is 8.76. The Bertz CT molecular complexity index is 3180. The summed E-state index contributed by atoms with van der Waals surface area (Å²) >= 11 is 0. The number of nitriles is 1. The van der Waals surface area contributed by atoms with Crippen LogP contribution >= 0.6 is 0 Å². The largest absolute Gasteiger partial charge is 0.500 e. The van der Waals surface area contributed by atoms with Gasteiger partial charge in [-0.15, -0.1) is 53.6 Å². The number of benzene rings is 6. The van der Waals surface area contributed by atoms with Gasteiger partial charge in [0.25, 0.3) is 0 Å². The van der Waals surface area contributed by atoms with Crippen molar-refractivity contribution in [1.29, 1.82) is 5.26 Å². The third kappa shape index (κ3) is 6.40. The first-order valence-corrected chi connectivity index (χ1v) is 15.9. The summed E-state index contributed by atoms with van der Waals surface area (Å²) in [6.07, 6.45) is 2.56. The van der Waals surface area contributed by atoms with Crippen molar-refractivity contribution in [1.82, 2.24) is 9.97 Å². The van der Waals surface area contributed by atoms with E-state index in [4.69, 9.17) is 20.9 Å². The first-order valence-electron chi connectivity index (χ1n) is 21.9. The number of nitrogens with zero attached hydrogens (tertiary/aromatic N) is 3. The maximum atomic E-state index is 9.40. The molecule has 0 N–H and O–H groups in total. The van der Waals surface area contributed by atoms with Gasteiger partial charge in [0.2, 0.25) is 0 Å². The van der Waals surface area contributed by atoms with Crippen LogP contribution in [0, 0.1) is 50.9 Å². The Kier molecular flexibility index (Phi) is 6.30. The van der Waals surface area contributed by atoms with E-state index < -0.39 is 27.4 Å². The number of furan rings is 1. The molecule has 52 heavy (non-hydrogen) atoms. The Morgan fingerprint density at radius 1 is 0.654 bits per heavy atom. The molecule has 3 aromatic heterocycles. The second kappa shape index (κ2) is 14.4. The fourth-order valence-corrected chi connectivity index (χ4v) is 6.28. The van der Waals surface area contributed by atoms with Gasteiger partial charge in [0.15, 0.2) is 0 Å². The van der Waals surface area contributed by atoms with Gasteiger partial charge in [0.1, 0.15) is 5.58 Å². The van der Waals surface area contributed by atoms with Gasteiger partial charge in [-0.2, -0.15) is 5.26 Å². The zero-order chi connectivity index (χ0) is 45.1. The van der Waals surface area contributed by atoms with Crippen LogP contribution in [0.15, 0.2) is 132 Å². The molecule has 9 aromatic rings. The summed E-state index contributed by atoms with van der Waals surface area (Å²) in [4.78, 5) is 8.59. The number of hydrogen-bond acceptors (Lipinski definition) is 4. The summed E-state index contributed by atoms with van der Waals surface area (Å²) in [6, 6.07) is 41.5. The minimum Gasteiger partial charge on any atom is -0.500 e. The molecule has 0 saturated carbocycles. The van der Waals surface area contributed by atoms with Crippen LogP contribution in [0.25, 0.3) is 77.1 Å². The number of aryl methyl sites for hydroxylation is 4. The Morgan fingerprint density at radius 2 is 1.46 bits per heavy atom. The van der Waals surface area contributed by atoms with Crippen LogP contribution in [0.4, 0.5) is 0 Å². The number of hydrogen-bond donors (Lipinski definition) is 0. The molecule has 0 aliphatic rings. The quantitative estimate of drug-likeness (QED) is 0.131. The summed E-state index contributed by atoms with van der Waals surface area (Å²) in [5.41, 5.74) is 4.05. The van der Waals surface area contributed by atoms with E-state index in [1.807, 2.05) is 30.3 Å². The minimum absolute atomic E-state index is 0.